The summed E-state index contributed by atoms with van der Waals surface area (Å²) in [5, 5.41) is 3.38. The largest absolute Gasteiger partial charge is 0.345 e. The normalized spacial score (nSPS) is 17.1. The quantitative estimate of drug-likeness (QED) is 0.914. The summed E-state index contributed by atoms with van der Waals surface area (Å²) in [5.41, 5.74) is 1.18. The SMILES string of the molecule is CC(=O)NC(C)C(=O)N1CCN(Cc2cccc(Cl)c2)CC1. The molecule has 120 valence electrons. The van der Waals surface area contributed by atoms with Crippen molar-refractivity contribution in [3.05, 3.63) is 34.9 Å². The van der Waals surface area contributed by atoms with Crippen molar-refractivity contribution in [2.45, 2.75) is 26.4 Å². The van der Waals surface area contributed by atoms with Crippen molar-refractivity contribution in [3.8, 4) is 0 Å². The first-order valence-corrected chi connectivity index (χ1v) is 7.86. The van der Waals surface area contributed by atoms with Crippen molar-refractivity contribution in [1.82, 2.24) is 15.1 Å². The number of amides is 2. The maximum atomic E-state index is 12.2. The Morgan fingerprint density at radius 3 is 2.55 bits per heavy atom. The summed E-state index contributed by atoms with van der Waals surface area (Å²) in [6.45, 7) is 7.00. The first-order chi connectivity index (χ1) is 10.5. The van der Waals surface area contributed by atoms with Gasteiger partial charge in [0.25, 0.3) is 0 Å². The second-order valence-corrected chi connectivity index (χ2v) is 6.09. The van der Waals surface area contributed by atoms with Gasteiger partial charge < -0.3 is 10.2 Å². The van der Waals surface area contributed by atoms with Crippen LogP contribution in [0.1, 0.15) is 19.4 Å². The molecule has 1 saturated heterocycles. The van der Waals surface area contributed by atoms with Gasteiger partial charge in [0, 0.05) is 44.7 Å². The third-order valence-corrected chi connectivity index (χ3v) is 4.00. The fraction of sp³-hybridized carbons (Fsp3) is 0.500. The van der Waals surface area contributed by atoms with Crippen LogP contribution in [0.5, 0.6) is 0 Å². The molecule has 1 aliphatic rings. The number of hydrogen-bond donors (Lipinski definition) is 1. The molecule has 6 heteroatoms. The summed E-state index contributed by atoms with van der Waals surface area (Å²) in [4.78, 5) is 27.4. The van der Waals surface area contributed by atoms with Gasteiger partial charge in [0.15, 0.2) is 0 Å². The number of carbonyl (C=O) groups excluding carboxylic acids is 2. The Balaban J connectivity index is 1.82. The van der Waals surface area contributed by atoms with Crippen LogP contribution in [0.25, 0.3) is 0 Å². The minimum Gasteiger partial charge on any atom is -0.345 e. The average Bonchev–Trinajstić information content (AvgIpc) is 2.46. The number of nitrogens with one attached hydrogen (secondary N) is 1. The smallest absolute Gasteiger partial charge is 0.244 e. The van der Waals surface area contributed by atoms with Crippen LogP contribution in [-0.2, 0) is 16.1 Å². The number of nitrogens with zero attached hydrogens (tertiary/aromatic N) is 2. The Kier molecular flexibility index (Phi) is 5.80. The van der Waals surface area contributed by atoms with Crippen LogP contribution in [0.2, 0.25) is 5.02 Å². The molecule has 22 heavy (non-hydrogen) atoms. The van der Waals surface area contributed by atoms with Gasteiger partial charge in [-0.1, -0.05) is 23.7 Å². The van der Waals surface area contributed by atoms with Crippen LogP contribution in [0.3, 0.4) is 0 Å². The number of piperazine rings is 1. The second-order valence-electron chi connectivity index (χ2n) is 5.65. The van der Waals surface area contributed by atoms with Gasteiger partial charge in [0.05, 0.1) is 0 Å². The highest BCUT2D eigenvalue weighted by Crippen LogP contribution is 2.14. The average molecular weight is 324 g/mol. The van der Waals surface area contributed by atoms with Gasteiger partial charge in [-0.25, -0.2) is 0 Å². The molecule has 1 heterocycles. The lowest BCUT2D eigenvalue weighted by Gasteiger charge is -2.36. The molecule has 1 N–H and O–H groups in total. The molecule has 0 aromatic heterocycles. The fourth-order valence-corrected chi connectivity index (χ4v) is 2.87. The second kappa shape index (κ2) is 7.61. The lowest BCUT2D eigenvalue weighted by Crippen LogP contribution is -2.53. The van der Waals surface area contributed by atoms with Crippen LogP contribution in [0, 0.1) is 0 Å². The molecule has 0 saturated carbocycles. The van der Waals surface area contributed by atoms with Crippen LogP contribution in [-0.4, -0.2) is 53.8 Å². The number of halogens is 1. The van der Waals surface area contributed by atoms with Gasteiger partial charge in [0.1, 0.15) is 6.04 Å². The van der Waals surface area contributed by atoms with E-state index in [4.69, 9.17) is 11.6 Å². The molecule has 0 spiro atoms. The first kappa shape index (κ1) is 16.8. The zero-order chi connectivity index (χ0) is 16.1. The Bertz CT molecular complexity index is 542. The molecule has 0 bridgehead atoms. The van der Waals surface area contributed by atoms with Gasteiger partial charge in [0.2, 0.25) is 11.8 Å². The van der Waals surface area contributed by atoms with Crippen molar-refractivity contribution in [1.29, 1.82) is 0 Å². The molecule has 1 fully saturated rings. The van der Waals surface area contributed by atoms with Crippen LogP contribution in [0.15, 0.2) is 24.3 Å². The van der Waals surface area contributed by atoms with Gasteiger partial charge in [-0.15, -0.1) is 0 Å². The minimum atomic E-state index is -0.461. The molecule has 1 aromatic carbocycles. The summed E-state index contributed by atoms with van der Waals surface area (Å²) in [5.74, 6) is -0.196. The molecule has 1 unspecified atom stereocenters. The van der Waals surface area contributed by atoms with Gasteiger partial charge in [-0.05, 0) is 24.6 Å². The van der Waals surface area contributed by atoms with E-state index in [0.717, 1.165) is 24.7 Å². The third kappa shape index (κ3) is 4.71. The summed E-state index contributed by atoms with van der Waals surface area (Å²) < 4.78 is 0. The standard InChI is InChI=1S/C16H22ClN3O2/c1-12(18-13(2)21)16(22)20-8-6-19(7-9-20)11-14-4-3-5-15(17)10-14/h3-5,10,12H,6-9,11H2,1-2H3,(H,18,21). The Labute approximate surface area is 136 Å². The van der Waals surface area contributed by atoms with E-state index in [1.165, 1.54) is 12.5 Å². The topological polar surface area (TPSA) is 52.7 Å². The van der Waals surface area contributed by atoms with E-state index in [1.54, 1.807) is 6.92 Å². The minimum absolute atomic E-state index is 0.0161. The number of benzene rings is 1. The van der Waals surface area contributed by atoms with Crippen LogP contribution < -0.4 is 5.32 Å². The van der Waals surface area contributed by atoms with E-state index in [0.29, 0.717) is 13.1 Å². The fourth-order valence-electron chi connectivity index (χ4n) is 2.66. The number of carbonyl (C=O) groups is 2. The van der Waals surface area contributed by atoms with Crippen LogP contribution in [0.4, 0.5) is 0 Å². The van der Waals surface area contributed by atoms with E-state index in [2.05, 4.69) is 16.3 Å². The molecular weight excluding hydrogens is 302 g/mol. The first-order valence-electron chi connectivity index (χ1n) is 7.48. The summed E-state index contributed by atoms with van der Waals surface area (Å²) in [7, 11) is 0. The van der Waals surface area contributed by atoms with E-state index in [-0.39, 0.29) is 11.8 Å². The highest BCUT2D eigenvalue weighted by molar-refractivity contribution is 6.30. The maximum absolute atomic E-state index is 12.2. The molecule has 1 aromatic rings. The molecule has 2 rings (SSSR count). The maximum Gasteiger partial charge on any atom is 0.244 e. The predicted molar refractivity (Wildman–Crippen MR) is 86.6 cm³/mol. The monoisotopic (exact) mass is 323 g/mol. The van der Waals surface area contributed by atoms with Gasteiger partial charge >= 0.3 is 0 Å². The molecular formula is C16H22ClN3O2. The van der Waals surface area contributed by atoms with Crippen molar-refractivity contribution < 1.29 is 9.59 Å². The number of hydrogen-bond acceptors (Lipinski definition) is 3. The van der Waals surface area contributed by atoms with Gasteiger partial charge in [-0.2, -0.15) is 0 Å². The van der Waals surface area contributed by atoms with Crippen molar-refractivity contribution in [2.75, 3.05) is 26.2 Å². The lowest BCUT2D eigenvalue weighted by molar-refractivity contribution is -0.137. The van der Waals surface area contributed by atoms with Gasteiger partial charge in [-0.3, -0.25) is 14.5 Å². The molecule has 2 amide bonds. The number of rotatable bonds is 4. The highest BCUT2D eigenvalue weighted by atomic mass is 35.5. The molecule has 0 aliphatic carbocycles. The van der Waals surface area contributed by atoms with Crippen LogP contribution >= 0.6 is 11.6 Å². The molecule has 1 aliphatic heterocycles. The highest BCUT2D eigenvalue weighted by Gasteiger charge is 2.25. The molecule has 5 nitrogen and oxygen atoms in total. The summed E-state index contributed by atoms with van der Waals surface area (Å²) in [6.07, 6.45) is 0. The van der Waals surface area contributed by atoms with E-state index in [9.17, 15) is 9.59 Å². The predicted octanol–water partition coefficient (Wildman–Crippen LogP) is 1.51. The Hall–Kier alpha value is -1.59. The Morgan fingerprint density at radius 1 is 1.27 bits per heavy atom. The molecule has 1 atom stereocenters. The third-order valence-electron chi connectivity index (χ3n) is 3.77. The van der Waals surface area contributed by atoms with Crippen molar-refractivity contribution in [2.24, 2.45) is 0 Å². The zero-order valence-electron chi connectivity index (χ0n) is 13.0. The summed E-state index contributed by atoms with van der Waals surface area (Å²) >= 11 is 6.00. The summed E-state index contributed by atoms with van der Waals surface area (Å²) in [6, 6.07) is 7.38. The van der Waals surface area contributed by atoms with Crippen molar-refractivity contribution in [3.63, 3.8) is 0 Å². The van der Waals surface area contributed by atoms with Crippen molar-refractivity contribution >= 4 is 23.4 Å². The lowest BCUT2D eigenvalue weighted by atomic mass is 10.2. The van der Waals surface area contributed by atoms with E-state index in [1.807, 2.05) is 23.1 Å². The molecule has 0 radical (unpaired) electrons. The zero-order valence-corrected chi connectivity index (χ0v) is 13.8. The van der Waals surface area contributed by atoms with E-state index < -0.39 is 6.04 Å². The Morgan fingerprint density at radius 2 is 1.95 bits per heavy atom. The van der Waals surface area contributed by atoms with E-state index >= 15 is 0 Å².